The fraction of sp³-hybridized carbons (Fsp3) is 0.500. The zero-order valence-electron chi connectivity index (χ0n) is 10.2. The molecule has 6 heteroatoms. The normalized spacial score (nSPS) is 14.2. The molecule has 0 spiro atoms. The minimum Gasteiger partial charge on any atom is -0.396 e. The molecule has 1 aromatic rings. The second kappa shape index (κ2) is 7.05. The van der Waals surface area contributed by atoms with Crippen molar-refractivity contribution in [1.29, 1.82) is 0 Å². The van der Waals surface area contributed by atoms with Crippen LogP contribution in [-0.2, 0) is 0 Å². The highest BCUT2D eigenvalue weighted by Gasteiger charge is 2.11. The second-order valence-electron chi connectivity index (χ2n) is 4.19. The Morgan fingerprint density at radius 2 is 2.00 bits per heavy atom. The first kappa shape index (κ1) is 14.6. The van der Waals surface area contributed by atoms with Crippen LogP contribution in [0.2, 0.25) is 0 Å². The smallest absolute Gasteiger partial charge is 0.269 e. The Bertz CT molecular complexity index is 380. The van der Waals surface area contributed by atoms with E-state index in [9.17, 15) is 15.2 Å². The lowest BCUT2D eigenvalue weighted by Crippen LogP contribution is -2.31. The van der Waals surface area contributed by atoms with Gasteiger partial charge in [0.1, 0.15) is 0 Å². The summed E-state index contributed by atoms with van der Waals surface area (Å²) in [4.78, 5) is 10.0. The maximum atomic E-state index is 10.5. The van der Waals surface area contributed by atoms with Crippen molar-refractivity contribution in [2.75, 3.05) is 13.2 Å². The van der Waals surface area contributed by atoms with E-state index in [2.05, 4.69) is 5.32 Å². The number of nitro groups is 1. The van der Waals surface area contributed by atoms with Crippen molar-refractivity contribution in [1.82, 2.24) is 5.32 Å². The molecule has 0 amide bonds. The molecule has 6 nitrogen and oxygen atoms in total. The van der Waals surface area contributed by atoms with E-state index in [1.807, 2.05) is 6.92 Å². The molecule has 0 radical (unpaired) electrons. The monoisotopic (exact) mass is 254 g/mol. The molecule has 18 heavy (non-hydrogen) atoms. The van der Waals surface area contributed by atoms with E-state index < -0.39 is 11.0 Å². The largest absolute Gasteiger partial charge is 0.396 e. The van der Waals surface area contributed by atoms with Crippen LogP contribution in [0.3, 0.4) is 0 Å². The van der Waals surface area contributed by atoms with E-state index in [0.717, 1.165) is 0 Å². The minimum absolute atomic E-state index is 0.00700. The van der Waals surface area contributed by atoms with Crippen molar-refractivity contribution in [3.63, 3.8) is 0 Å². The zero-order chi connectivity index (χ0) is 13.5. The summed E-state index contributed by atoms with van der Waals surface area (Å²) >= 11 is 0. The van der Waals surface area contributed by atoms with Crippen LogP contribution in [0, 0.1) is 10.1 Å². The highest BCUT2D eigenvalue weighted by molar-refractivity contribution is 5.33. The average molecular weight is 254 g/mol. The molecule has 0 saturated carbocycles. The summed E-state index contributed by atoms with van der Waals surface area (Å²) < 4.78 is 0. The number of non-ortho nitro benzene ring substituents is 1. The summed E-state index contributed by atoms with van der Waals surface area (Å²) in [5.41, 5.74) is 0.636. The van der Waals surface area contributed by atoms with Gasteiger partial charge < -0.3 is 15.5 Å². The number of nitrogens with one attached hydrogen (secondary N) is 1. The van der Waals surface area contributed by atoms with Gasteiger partial charge in [0, 0.05) is 31.3 Å². The molecular weight excluding hydrogens is 236 g/mol. The molecule has 0 aromatic heterocycles. The number of aliphatic hydroxyl groups is 2. The molecule has 0 heterocycles. The van der Waals surface area contributed by atoms with Gasteiger partial charge in [-0.3, -0.25) is 10.1 Å². The van der Waals surface area contributed by atoms with Crippen molar-refractivity contribution in [2.24, 2.45) is 0 Å². The first-order chi connectivity index (χ1) is 8.54. The quantitative estimate of drug-likeness (QED) is 0.498. The van der Waals surface area contributed by atoms with E-state index in [4.69, 9.17) is 5.11 Å². The standard InChI is InChI=1S/C12H18N2O4/c1-9(6-7-15)13-8-12(16)10-2-4-11(5-3-10)14(17)18/h2-5,9,12-13,15-16H,6-8H2,1H3. The number of hydrogen-bond acceptors (Lipinski definition) is 5. The van der Waals surface area contributed by atoms with Gasteiger partial charge in [-0.25, -0.2) is 0 Å². The molecule has 2 unspecified atom stereocenters. The summed E-state index contributed by atoms with van der Waals surface area (Å²) in [6, 6.07) is 5.94. The first-order valence-electron chi connectivity index (χ1n) is 5.81. The molecule has 0 fully saturated rings. The van der Waals surface area contributed by atoms with E-state index in [1.54, 1.807) is 12.1 Å². The van der Waals surface area contributed by atoms with E-state index in [-0.39, 0.29) is 18.3 Å². The number of aliphatic hydroxyl groups excluding tert-OH is 2. The molecule has 0 aliphatic carbocycles. The lowest BCUT2D eigenvalue weighted by Gasteiger charge is -2.16. The predicted molar refractivity (Wildman–Crippen MR) is 67.2 cm³/mol. The van der Waals surface area contributed by atoms with Crippen LogP contribution in [0.1, 0.15) is 25.0 Å². The molecule has 3 N–H and O–H groups in total. The number of nitrogens with zero attached hydrogens (tertiary/aromatic N) is 1. The summed E-state index contributed by atoms with van der Waals surface area (Å²) in [5.74, 6) is 0. The van der Waals surface area contributed by atoms with E-state index in [0.29, 0.717) is 18.5 Å². The number of hydrogen-bond donors (Lipinski definition) is 3. The van der Waals surface area contributed by atoms with Crippen LogP contribution in [0.5, 0.6) is 0 Å². The summed E-state index contributed by atoms with van der Waals surface area (Å²) in [5, 5.41) is 32.2. The average Bonchev–Trinajstić information content (AvgIpc) is 2.36. The van der Waals surface area contributed by atoms with Gasteiger partial charge in [-0.2, -0.15) is 0 Å². The first-order valence-corrected chi connectivity index (χ1v) is 5.81. The number of nitro benzene ring substituents is 1. The number of rotatable bonds is 7. The van der Waals surface area contributed by atoms with Crippen molar-refractivity contribution in [3.8, 4) is 0 Å². The SMILES string of the molecule is CC(CCO)NCC(O)c1ccc([N+](=O)[O-])cc1. The van der Waals surface area contributed by atoms with Crippen LogP contribution in [0.25, 0.3) is 0 Å². The summed E-state index contributed by atoms with van der Waals surface area (Å²) in [7, 11) is 0. The third-order valence-corrected chi connectivity index (χ3v) is 2.71. The molecule has 1 aromatic carbocycles. The van der Waals surface area contributed by atoms with Gasteiger partial charge in [0.2, 0.25) is 0 Å². The molecule has 100 valence electrons. The highest BCUT2D eigenvalue weighted by atomic mass is 16.6. The topological polar surface area (TPSA) is 95.6 Å². The van der Waals surface area contributed by atoms with Crippen molar-refractivity contribution >= 4 is 5.69 Å². The van der Waals surface area contributed by atoms with Gasteiger partial charge in [-0.1, -0.05) is 0 Å². The summed E-state index contributed by atoms with van der Waals surface area (Å²) in [6.07, 6.45) is -0.0978. The molecule has 0 aliphatic heterocycles. The Balaban J connectivity index is 2.51. The Kier molecular flexibility index (Phi) is 5.70. The van der Waals surface area contributed by atoms with Crippen LogP contribution in [-0.4, -0.2) is 34.3 Å². The van der Waals surface area contributed by atoms with E-state index in [1.165, 1.54) is 12.1 Å². The molecular formula is C12H18N2O4. The van der Waals surface area contributed by atoms with Crippen LogP contribution < -0.4 is 5.32 Å². The minimum atomic E-state index is -0.716. The van der Waals surface area contributed by atoms with Crippen molar-refractivity contribution < 1.29 is 15.1 Å². The molecule has 0 aliphatic rings. The lowest BCUT2D eigenvalue weighted by molar-refractivity contribution is -0.384. The third-order valence-electron chi connectivity index (χ3n) is 2.71. The predicted octanol–water partition coefficient (Wildman–Crippen LogP) is 0.989. The van der Waals surface area contributed by atoms with Gasteiger partial charge in [-0.05, 0) is 31.0 Å². The third kappa shape index (κ3) is 4.40. The molecule has 0 bridgehead atoms. The van der Waals surface area contributed by atoms with Gasteiger partial charge in [0.15, 0.2) is 0 Å². The van der Waals surface area contributed by atoms with Gasteiger partial charge in [-0.15, -0.1) is 0 Å². The molecule has 1 rings (SSSR count). The van der Waals surface area contributed by atoms with Crippen LogP contribution in [0.15, 0.2) is 24.3 Å². The number of benzene rings is 1. The fourth-order valence-electron chi connectivity index (χ4n) is 1.54. The zero-order valence-corrected chi connectivity index (χ0v) is 10.2. The van der Waals surface area contributed by atoms with Gasteiger partial charge in [0.25, 0.3) is 5.69 Å². The summed E-state index contributed by atoms with van der Waals surface area (Å²) in [6.45, 7) is 2.36. The van der Waals surface area contributed by atoms with Crippen molar-refractivity contribution in [3.05, 3.63) is 39.9 Å². The Morgan fingerprint density at radius 3 is 2.50 bits per heavy atom. The fourth-order valence-corrected chi connectivity index (χ4v) is 1.54. The Labute approximate surface area is 105 Å². The van der Waals surface area contributed by atoms with E-state index >= 15 is 0 Å². The Hall–Kier alpha value is -1.50. The molecule has 0 saturated heterocycles. The molecule has 2 atom stereocenters. The maximum absolute atomic E-state index is 10.5. The van der Waals surface area contributed by atoms with Gasteiger partial charge >= 0.3 is 0 Å². The Morgan fingerprint density at radius 1 is 1.39 bits per heavy atom. The van der Waals surface area contributed by atoms with Gasteiger partial charge in [0.05, 0.1) is 11.0 Å². The maximum Gasteiger partial charge on any atom is 0.269 e. The highest BCUT2D eigenvalue weighted by Crippen LogP contribution is 2.17. The van der Waals surface area contributed by atoms with Crippen LogP contribution >= 0.6 is 0 Å². The lowest BCUT2D eigenvalue weighted by atomic mass is 10.1. The van der Waals surface area contributed by atoms with Crippen molar-refractivity contribution in [2.45, 2.75) is 25.5 Å². The van der Waals surface area contributed by atoms with Crippen LogP contribution in [0.4, 0.5) is 5.69 Å². The second-order valence-corrected chi connectivity index (χ2v) is 4.19.